The van der Waals surface area contributed by atoms with Gasteiger partial charge in [0.25, 0.3) is 0 Å². The summed E-state index contributed by atoms with van der Waals surface area (Å²) in [5.74, 6) is 2.13. The monoisotopic (exact) mass is 310 g/mol. The van der Waals surface area contributed by atoms with E-state index in [2.05, 4.69) is 10.3 Å². The summed E-state index contributed by atoms with van der Waals surface area (Å²) in [5.41, 5.74) is 2.70. The van der Waals surface area contributed by atoms with Crippen LogP contribution >= 0.6 is 0 Å². The van der Waals surface area contributed by atoms with Gasteiger partial charge in [-0.15, -0.1) is 0 Å². The van der Waals surface area contributed by atoms with Gasteiger partial charge in [-0.2, -0.15) is 0 Å². The largest absolute Gasteiger partial charge is 0.497 e. The Kier molecular flexibility index (Phi) is 4.19. The van der Waals surface area contributed by atoms with Gasteiger partial charge in [0.2, 0.25) is 0 Å². The SMILES string of the molecule is COc1cccc(Nc2ccnc3cc(OC)c(OC)cc23)c1. The van der Waals surface area contributed by atoms with Crippen molar-refractivity contribution in [1.29, 1.82) is 0 Å². The van der Waals surface area contributed by atoms with E-state index in [-0.39, 0.29) is 0 Å². The summed E-state index contributed by atoms with van der Waals surface area (Å²) >= 11 is 0. The lowest BCUT2D eigenvalue weighted by Gasteiger charge is -2.13. The molecule has 2 aromatic carbocycles. The zero-order chi connectivity index (χ0) is 16.2. The molecule has 1 aromatic heterocycles. The van der Waals surface area contributed by atoms with Crippen molar-refractivity contribution in [3.05, 3.63) is 48.7 Å². The predicted octanol–water partition coefficient (Wildman–Crippen LogP) is 4.00. The van der Waals surface area contributed by atoms with Crippen LogP contribution in [0.4, 0.5) is 11.4 Å². The summed E-state index contributed by atoms with van der Waals surface area (Å²) in [4.78, 5) is 4.40. The maximum atomic E-state index is 5.39. The molecule has 1 N–H and O–H groups in total. The van der Waals surface area contributed by atoms with Crippen molar-refractivity contribution in [2.45, 2.75) is 0 Å². The number of hydrogen-bond donors (Lipinski definition) is 1. The molecule has 0 atom stereocenters. The van der Waals surface area contributed by atoms with E-state index in [9.17, 15) is 0 Å². The van der Waals surface area contributed by atoms with Crippen LogP contribution in [-0.2, 0) is 0 Å². The second-order valence-electron chi connectivity index (χ2n) is 4.94. The molecule has 0 aliphatic carbocycles. The molecule has 0 saturated heterocycles. The van der Waals surface area contributed by atoms with E-state index in [0.717, 1.165) is 28.0 Å². The van der Waals surface area contributed by atoms with Gasteiger partial charge in [-0.05, 0) is 24.3 Å². The molecule has 23 heavy (non-hydrogen) atoms. The zero-order valence-electron chi connectivity index (χ0n) is 13.3. The van der Waals surface area contributed by atoms with Crippen LogP contribution in [0.1, 0.15) is 0 Å². The predicted molar refractivity (Wildman–Crippen MR) is 91.1 cm³/mol. The van der Waals surface area contributed by atoms with Crippen molar-refractivity contribution in [1.82, 2.24) is 4.98 Å². The third kappa shape index (κ3) is 2.99. The number of rotatable bonds is 5. The average molecular weight is 310 g/mol. The first-order chi connectivity index (χ1) is 11.2. The Labute approximate surface area is 134 Å². The zero-order valence-corrected chi connectivity index (χ0v) is 13.3. The van der Waals surface area contributed by atoms with Gasteiger partial charge >= 0.3 is 0 Å². The lowest BCUT2D eigenvalue weighted by molar-refractivity contribution is 0.356. The second-order valence-corrected chi connectivity index (χ2v) is 4.94. The summed E-state index contributed by atoms with van der Waals surface area (Å²) < 4.78 is 16.0. The van der Waals surface area contributed by atoms with E-state index in [4.69, 9.17) is 14.2 Å². The molecule has 3 aromatic rings. The average Bonchev–Trinajstić information content (AvgIpc) is 2.61. The molecule has 0 radical (unpaired) electrons. The van der Waals surface area contributed by atoms with Crippen LogP contribution in [0, 0.1) is 0 Å². The fourth-order valence-corrected chi connectivity index (χ4v) is 2.44. The van der Waals surface area contributed by atoms with Gasteiger partial charge < -0.3 is 19.5 Å². The Morgan fingerprint density at radius 1 is 0.870 bits per heavy atom. The Morgan fingerprint density at radius 2 is 1.65 bits per heavy atom. The first kappa shape index (κ1) is 15.0. The topological polar surface area (TPSA) is 52.6 Å². The van der Waals surface area contributed by atoms with Gasteiger partial charge in [0.05, 0.1) is 26.8 Å². The minimum atomic E-state index is 0.658. The molecule has 0 saturated carbocycles. The number of fused-ring (bicyclic) bond motifs is 1. The molecule has 0 amide bonds. The quantitative estimate of drug-likeness (QED) is 0.772. The summed E-state index contributed by atoms with van der Waals surface area (Å²) in [6.07, 6.45) is 1.76. The van der Waals surface area contributed by atoms with E-state index in [1.807, 2.05) is 42.5 Å². The van der Waals surface area contributed by atoms with E-state index in [1.165, 1.54) is 0 Å². The molecular formula is C18H18N2O3. The molecule has 0 spiro atoms. The summed E-state index contributed by atoms with van der Waals surface area (Å²) in [7, 11) is 4.88. The van der Waals surface area contributed by atoms with Crippen LogP contribution in [0.15, 0.2) is 48.7 Å². The second kappa shape index (κ2) is 6.44. The van der Waals surface area contributed by atoms with Gasteiger partial charge in [-0.25, -0.2) is 0 Å². The van der Waals surface area contributed by atoms with Crippen LogP contribution in [0.25, 0.3) is 10.9 Å². The van der Waals surface area contributed by atoms with Gasteiger partial charge in [-0.3, -0.25) is 4.98 Å². The number of ether oxygens (including phenoxy) is 3. The first-order valence-electron chi connectivity index (χ1n) is 7.17. The number of pyridine rings is 1. The van der Waals surface area contributed by atoms with Crippen molar-refractivity contribution < 1.29 is 14.2 Å². The molecule has 0 unspecified atom stereocenters. The Morgan fingerprint density at radius 3 is 2.39 bits per heavy atom. The van der Waals surface area contributed by atoms with Gasteiger partial charge in [0.15, 0.2) is 11.5 Å². The Balaban J connectivity index is 2.06. The van der Waals surface area contributed by atoms with Crippen LogP contribution < -0.4 is 19.5 Å². The standard InChI is InChI=1S/C18H18N2O3/c1-21-13-6-4-5-12(9-13)20-15-7-8-19-16-11-18(23-3)17(22-2)10-14(15)16/h4-11H,1-3H3,(H,19,20). The molecule has 118 valence electrons. The highest BCUT2D eigenvalue weighted by molar-refractivity contribution is 5.95. The molecule has 5 heteroatoms. The number of nitrogens with zero attached hydrogens (tertiary/aromatic N) is 1. The van der Waals surface area contributed by atoms with Crippen LogP contribution in [0.5, 0.6) is 17.2 Å². The number of hydrogen-bond acceptors (Lipinski definition) is 5. The molecule has 3 rings (SSSR count). The Hall–Kier alpha value is -2.95. The molecular weight excluding hydrogens is 292 g/mol. The lowest BCUT2D eigenvalue weighted by atomic mass is 10.1. The summed E-state index contributed by atoms with van der Waals surface area (Å²) in [5, 5.41) is 4.35. The lowest BCUT2D eigenvalue weighted by Crippen LogP contribution is -1.96. The highest BCUT2D eigenvalue weighted by Gasteiger charge is 2.10. The third-order valence-electron chi connectivity index (χ3n) is 3.60. The van der Waals surface area contributed by atoms with Crippen molar-refractivity contribution in [3.63, 3.8) is 0 Å². The third-order valence-corrected chi connectivity index (χ3v) is 3.60. The smallest absolute Gasteiger partial charge is 0.162 e. The van der Waals surface area contributed by atoms with Crippen LogP contribution in [0.2, 0.25) is 0 Å². The molecule has 0 fully saturated rings. The minimum absolute atomic E-state index is 0.658. The van der Waals surface area contributed by atoms with Crippen LogP contribution in [-0.4, -0.2) is 26.3 Å². The Bertz CT molecular complexity index is 834. The van der Waals surface area contributed by atoms with Crippen molar-refractivity contribution in [3.8, 4) is 17.2 Å². The molecule has 0 aliphatic heterocycles. The van der Waals surface area contributed by atoms with Crippen LogP contribution in [0.3, 0.4) is 0 Å². The van der Waals surface area contributed by atoms with Gasteiger partial charge in [-0.1, -0.05) is 6.07 Å². The normalized spacial score (nSPS) is 10.4. The summed E-state index contributed by atoms with van der Waals surface area (Å²) in [6, 6.07) is 13.5. The number of aromatic nitrogens is 1. The van der Waals surface area contributed by atoms with Crippen molar-refractivity contribution in [2.24, 2.45) is 0 Å². The van der Waals surface area contributed by atoms with Crippen molar-refractivity contribution >= 4 is 22.3 Å². The van der Waals surface area contributed by atoms with Gasteiger partial charge in [0, 0.05) is 35.1 Å². The molecule has 0 bridgehead atoms. The highest BCUT2D eigenvalue weighted by Crippen LogP contribution is 2.35. The van der Waals surface area contributed by atoms with E-state index >= 15 is 0 Å². The fourth-order valence-electron chi connectivity index (χ4n) is 2.44. The molecule has 1 heterocycles. The highest BCUT2D eigenvalue weighted by atomic mass is 16.5. The maximum absolute atomic E-state index is 5.39. The number of methoxy groups -OCH3 is 3. The number of nitrogens with one attached hydrogen (secondary N) is 1. The molecule has 5 nitrogen and oxygen atoms in total. The van der Waals surface area contributed by atoms with E-state index < -0.39 is 0 Å². The first-order valence-corrected chi connectivity index (χ1v) is 7.17. The fraction of sp³-hybridized carbons (Fsp3) is 0.167. The number of benzene rings is 2. The van der Waals surface area contributed by atoms with Crippen molar-refractivity contribution in [2.75, 3.05) is 26.6 Å². The maximum Gasteiger partial charge on any atom is 0.162 e. The summed E-state index contributed by atoms with van der Waals surface area (Å²) in [6.45, 7) is 0. The van der Waals surface area contributed by atoms with Gasteiger partial charge in [0.1, 0.15) is 5.75 Å². The van der Waals surface area contributed by atoms with E-state index in [0.29, 0.717) is 11.5 Å². The minimum Gasteiger partial charge on any atom is -0.497 e. The number of anilines is 2. The van der Waals surface area contributed by atoms with E-state index in [1.54, 1.807) is 27.5 Å². The molecule has 0 aliphatic rings.